The van der Waals surface area contributed by atoms with Crippen LogP contribution >= 0.6 is 11.6 Å². The fourth-order valence-corrected chi connectivity index (χ4v) is 1.60. The number of benzene rings is 1. The average Bonchev–Trinajstić information content (AvgIpc) is 2.38. The third-order valence-electron chi connectivity index (χ3n) is 2.16. The first kappa shape index (κ1) is 15.3. The van der Waals surface area contributed by atoms with E-state index >= 15 is 0 Å². The number of halogens is 1. The molecule has 104 valence electrons. The zero-order valence-electron chi connectivity index (χ0n) is 10.7. The number of hydrogen-bond donors (Lipinski definition) is 1. The first-order valence-corrected chi connectivity index (χ1v) is 5.95. The smallest absolute Gasteiger partial charge is 0.328 e. The molecule has 0 atom stereocenters. The van der Waals surface area contributed by atoms with Gasteiger partial charge < -0.3 is 19.3 Å². The molecule has 0 spiro atoms. The van der Waals surface area contributed by atoms with E-state index < -0.39 is 5.97 Å². The average molecular weight is 287 g/mol. The fraction of sp³-hybridized carbons (Fsp3) is 0.308. The van der Waals surface area contributed by atoms with Crippen LogP contribution in [0.2, 0.25) is 5.02 Å². The van der Waals surface area contributed by atoms with E-state index in [9.17, 15) is 4.79 Å². The second-order valence-electron chi connectivity index (χ2n) is 3.46. The molecule has 0 radical (unpaired) electrons. The molecule has 0 heterocycles. The molecule has 1 aromatic carbocycles. The zero-order valence-corrected chi connectivity index (χ0v) is 11.4. The minimum atomic E-state index is -1.04. The molecule has 5 nitrogen and oxygen atoms in total. The van der Waals surface area contributed by atoms with Crippen molar-refractivity contribution in [2.75, 3.05) is 20.5 Å². The summed E-state index contributed by atoms with van der Waals surface area (Å²) in [6, 6.07) is 3.22. The molecule has 0 saturated carbocycles. The van der Waals surface area contributed by atoms with Gasteiger partial charge in [-0.2, -0.15) is 0 Å². The molecule has 0 fully saturated rings. The molecule has 6 heteroatoms. The minimum absolute atomic E-state index is 0.0664. The van der Waals surface area contributed by atoms with Crippen LogP contribution in [0.15, 0.2) is 18.2 Å². The van der Waals surface area contributed by atoms with E-state index in [2.05, 4.69) is 0 Å². The number of carboxylic acids is 1. The fourth-order valence-electron chi connectivity index (χ4n) is 1.33. The molecule has 0 aliphatic carbocycles. The summed E-state index contributed by atoms with van der Waals surface area (Å²) in [5.41, 5.74) is 0.605. The Labute approximate surface area is 116 Å². The zero-order chi connectivity index (χ0) is 14.3. The maximum Gasteiger partial charge on any atom is 0.328 e. The number of hydrogen-bond acceptors (Lipinski definition) is 4. The highest BCUT2D eigenvalue weighted by Crippen LogP contribution is 2.36. The molecule has 0 aliphatic heterocycles. The lowest BCUT2D eigenvalue weighted by Crippen LogP contribution is -2.04. The van der Waals surface area contributed by atoms with Crippen molar-refractivity contribution in [3.8, 4) is 11.5 Å². The molecule has 0 aliphatic rings. The molecule has 19 heavy (non-hydrogen) atoms. The molecule has 0 amide bonds. The van der Waals surface area contributed by atoms with Gasteiger partial charge in [0.25, 0.3) is 0 Å². The maximum atomic E-state index is 10.5. The van der Waals surface area contributed by atoms with Crippen LogP contribution in [0.3, 0.4) is 0 Å². The quantitative estimate of drug-likeness (QED) is 0.474. The molecule has 0 aromatic heterocycles. The van der Waals surface area contributed by atoms with Crippen LogP contribution in [-0.2, 0) is 9.53 Å². The van der Waals surface area contributed by atoms with E-state index in [1.807, 2.05) is 6.92 Å². The van der Waals surface area contributed by atoms with Gasteiger partial charge in [-0.25, -0.2) is 4.79 Å². The SMILES string of the molecule is CCOCOc1c(Cl)cc(/C=C/C(=O)O)cc1OC. The standard InChI is InChI=1S/C13H15ClO5/c1-3-18-8-19-13-10(14)6-9(4-5-12(15)16)7-11(13)17-2/h4-7H,3,8H2,1-2H3,(H,15,16)/b5-4+. The molecular formula is C13H15ClO5. The van der Waals surface area contributed by atoms with Gasteiger partial charge >= 0.3 is 5.97 Å². The predicted molar refractivity (Wildman–Crippen MR) is 71.8 cm³/mol. The minimum Gasteiger partial charge on any atom is -0.493 e. The van der Waals surface area contributed by atoms with Crippen molar-refractivity contribution < 1.29 is 24.1 Å². The lowest BCUT2D eigenvalue weighted by Gasteiger charge is -2.13. The third-order valence-corrected chi connectivity index (χ3v) is 2.44. The predicted octanol–water partition coefficient (Wildman–Crippen LogP) is 2.82. The molecule has 1 N–H and O–H groups in total. The summed E-state index contributed by atoms with van der Waals surface area (Å²) in [5, 5.41) is 8.90. The maximum absolute atomic E-state index is 10.5. The molecule has 0 unspecified atom stereocenters. The Morgan fingerprint density at radius 3 is 2.79 bits per heavy atom. The van der Waals surface area contributed by atoms with Crippen LogP contribution in [0.25, 0.3) is 6.08 Å². The van der Waals surface area contributed by atoms with Gasteiger partial charge in [0.2, 0.25) is 0 Å². The van der Waals surface area contributed by atoms with Crippen LogP contribution in [0.5, 0.6) is 11.5 Å². The Bertz CT molecular complexity index is 470. The highest BCUT2D eigenvalue weighted by molar-refractivity contribution is 6.32. The summed E-state index contributed by atoms with van der Waals surface area (Å²) in [6.07, 6.45) is 2.44. The lowest BCUT2D eigenvalue weighted by atomic mass is 10.2. The Hall–Kier alpha value is -1.72. The van der Waals surface area contributed by atoms with Crippen LogP contribution in [-0.4, -0.2) is 31.6 Å². The normalized spacial score (nSPS) is 10.7. The largest absolute Gasteiger partial charge is 0.493 e. The monoisotopic (exact) mass is 286 g/mol. The van der Waals surface area contributed by atoms with Crippen molar-refractivity contribution in [3.63, 3.8) is 0 Å². The Balaban J connectivity index is 2.97. The van der Waals surface area contributed by atoms with Crippen LogP contribution in [0.4, 0.5) is 0 Å². The molecule has 0 saturated heterocycles. The summed E-state index contributed by atoms with van der Waals surface area (Å²) < 4.78 is 15.6. The second kappa shape index (κ2) is 7.66. The van der Waals surface area contributed by atoms with Crippen LogP contribution in [0, 0.1) is 0 Å². The van der Waals surface area contributed by atoms with E-state index in [1.54, 1.807) is 12.1 Å². The highest BCUT2D eigenvalue weighted by Gasteiger charge is 2.11. The first-order chi connectivity index (χ1) is 9.08. The summed E-state index contributed by atoms with van der Waals surface area (Å²) in [7, 11) is 1.48. The van der Waals surface area contributed by atoms with Crippen LogP contribution in [0.1, 0.15) is 12.5 Å². The van der Waals surface area contributed by atoms with Gasteiger partial charge in [-0.3, -0.25) is 0 Å². The van der Waals surface area contributed by atoms with Gasteiger partial charge in [-0.15, -0.1) is 0 Å². The molecule has 0 bridgehead atoms. The van der Waals surface area contributed by atoms with E-state index in [4.69, 9.17) is 30.9 Å². The van der Waals surface area contributed by atoms with E-state index in [1.165, 1.54) is 13.2 Å². The van der Waals surface area contributed by atoms with Crippen molar-refractivity contribution in [1.82, 2.24) is 0 Å². The van der Waals surface area contributed by atoms with Crippen LogP contribution < -0.4 is 9.47 Å². The number of methoxy groups -OCH3 is 1. The number of carbonyl (C=O) groups is 1. The third kappa shape index (κ3) is 4.81. The van der Waals surface area contributed by atoms with Crippen molar-refractivity contribution in [2.45, 2.75) is 6.92 Å². The lowest BCUT2D eigenvalue weighted by molar-refractivity contribution is -0.131. The second-order valence-corrected chi connectivity index (χ2v) is 3.87. The topological polar surface area (TPSA) is 65.0 Å². The first-order valence-electron chi connectivity index (χ1n) is 5.57. The Kier molecular flexibility index (Phi) is 6.18. The Morgan fingerprint density at radius 1 is 1.47 bits per heavy atom. The molecule has 1 aromatic rings. The number of ether oxygens (including phenoxy) is 3. The van der Waals surface area contributed by atoms with Crippen molar-refractivity contribution in [2.24, 2.45) is 0 Å². The molecular weight excluding hydrogens is 272 g/mol. The van der Waals surface area contributed by atoms with Gasteiger partial charge in [0.1, 0.15) is 0 Å². The summed E-state index contributed by atoms with van der Waals surface area (Å²) in [4.78, 5) is 10.5. The number of aliphatic carboxylic acids is 1. The van der Waals surface area contributed by atoms with Gasteiger partial charge in [0.05, 0.1) is 12.1 Å². The van der Waals surface area contributed by atoms with E-state index in [-0.39, 0.29) is 6.79 Å². The summed E-state index contributed by atoms with van der Waals surface area (Å²) in [6.45, 7) is 2.44. The van der Waals surface area contributed by atoms with Gasteiger partial charge in [0, 0.05) is 12.7 Å². The number of carboxylic acid groups (broad SMARTS) is 1. The highest BCUT2D eigenvalue weighted by atomic mass is 35.5. The van der Waals surface area contributed by atoms with Gasteiger partial charge in [-0.1, -0.05) is 11.6 Å². The molecule has 1 rings (SSSR count). The number of rotatable bonds is 7. The van der Waals surface area contributed by atoms with Crippen molar-refractivity contribution in [3.05, 3.63) is 28.8 Å². The van der Waals surface area contributed by atoms with E-state index in [0.717, 1.165) is 6.08 Å². The van der Waals surface area contributed by atoms with Gasteiger partial charge in [0.15, 0.2) is 18.3 Å². The van der Waals surface area contributed by atoms with Crippen molar-refractivity contribution >= 4 is 23.6 Å². The van der Waals surface area contributed by atoms with E-state index in [0.29, 0.717) is 28.7 Å². The van der Waals surface area contributed by atoms with Crippen molar-refractivity contribution in [1.29, 1.82) is 0 Å². The van der Waals surface area contributed by atoms with Gasteiger partial charge in [-0.05, 0) is 30.7 Å². The summed E-state index contributed by atoms with van der Waals surface area (Å²) in [5.74, 6) is -0.255. The Morgan fingerprint density at radius 2 is 2.21 bits per heavy atom. The summed E-state index contributed by atoms with van der Waals surface area (Å²) >= 11 is 6.07.